The van der Waals surface area contributed by atoms with E-state index in [-0.39, 0.29) is 22.5 Å². The molecule has 2 aliphatic rings. The first kappa shape index (κ1) is 15.7. The Bertz CT molecular complexity index is 389. The second-order valence-electron chi connectivity index (χ2n) is 6.40. The standard InChI is InChI=1S/C15H25NO3S/c1-4-20-12(10(2)3)13(17)16-7-5-15(6-8-16)9-11(15)14(18)19/h10-12H,4-9H2,1-3H3,(H,18,19). The molecule has 0 bridgehead atoms. The molecule has 2 unspecified atom stereocenters. The molecule has 1 heterocycles. The van der Waals surface area contributed by atoms with Gasteiger partial charge < -0.3 is 10.0 Å². The van der Waals surface area contributed by atoms with Crippen LogP contribution >= 0.6 is 11.8 Å². The highest BCUT2D eigenvalue weighted by Crippen LogP contribution is 2.59. The molecule has 1 N–H and O–H groups in total. The van der Waals surface area contributed by atoms with Crippen LogP contribution in [0.15, 0.2) is 0 Å². The number of hydrogen-bond donors (Lipinski definition) is 1. The number of aliphatic carboxylic acids is 1. The first-order valence-electron chi connectivity index (χ1n) is 7.54. The van der Waals surface area contributed by atoms with Crippen molar-refractivity contribution in [3.63, 3.8) is 0 Å². The maximum atomic E-state index is 12.6. The molecule has 1 spiro atoms. The molecular weight excluding hydrogens is 274 g/mol. The van der Waals surface area contributed by atoms with Crippen LogP contribution in [0.25, 0.3) is 0 Å². The van der Waals surface area contributed by atoms with Crippen LogP contribution in [0.4, 0.5) is 0 Å². The van der Waals surface area contributed by atoms with Crippen molar-refractivity contribution in [2.24, 2.45) is 17.3 Å². The summed E-state index contributed by atoms with van der Waals surface area (Å²) in [5.74, 6) is 0.718. The Kier molecular flexibility index (Phi) is 4.67. The fourth-order valence-electron chi connectivity index (χ4n) is 3.33. The van der Waals surface area contributed by atoms with Crippen LogP contribution in [0.2, 0.25) is 0 Å². The average molecular weight is 299 g/mol. The number of carbonyl (C=O) groups excluding carboxylic acids is 1. The highest BCUT2D eigenvalue weighted by atomic mass is 32.2. The molecule has 4 nitrogen and oxygen atoms in total. The van der Waals surface area contributed by atoms with Crippen molar-refractivity contribution in [1.82, 2.24) is 4.90 Å². The van der Waals surface area contributed by atoms with Gasteiger partial charge in [0.05, 0.1) is 11.2 Å². The highest BCUT2D eigenvalue weighted by Gasteiger charge is 2.59. The third-order valence-electron chi connectivity index (χ3n) is 4.75. The van der Waals surface area contributed by atoms with Crippen molar-refractivity contribution < 1.29 is 14.7 Å². The van der Waals surface area contributed by atoms with E-state index < -0.39 is 5.97 Å². The van der Waals surface area contributed by atoms with E-state index in [2.05, 4.69) is 20.8 Å². The zero-order chi connectivity index (χ0) is 14.9. The van der Waals surface area contributed by atoms with Crippen molar-refractivity contribution in [1.29, 1.82) is 0 Å². The molecule has 1 saturated carbocycles. The quantitative estimate of drug-likeness (QED) is 0.847. The van der Waals surface area contributed by atoms with Gasteiger partial charge in [0.25, 0.3) is 0 Å². The van der Waals surface area contributed by atoms with Gasteiger partial charge in [-0.05, 0) is 36.3 Å². The Labute approximate surface area is 125 Å². The third kappa shape index (κ3) is 2.97. The highest BCUT2D eigenvalue weighted by molar-refractivity contribution is 8.00. The van der Waals surface area contributed by atoms with Gasteiger partial charge in [-0.15, -0.1) is 11.8 Å². The van der Waals surface area contributed by atoms with Crippen LogP contribution in [0.3, 0.4) is 0 Å². The van der Waals surface area contributed by atoms with Crippen molar-refractivity contribution in [2.45, 2.75) is 45.3 Å². The summed E-state index contributed by atoms with van der Waals surface area (Å²) in [5, 5.41) is 9.14. The summed E-state index contributed by atoms with van der Waals surface area (Å²) in [7, 11) is 0. The van der Waals surface area contributed by atoms with Gasteiger partial charge in [-0.2, -0.15) is 0 Å². The molecular formula is C15H25NO3S. The molecule has 114 valence electrons. The maximum Gasteiger partial charge on any atom is 0.307 e. The number of carbonyl (C=O) groups is 2. The van der Waals surface area contributed by atoms with E-state index in [0.717, 1.165) is 38.1 Å². The van der Waals surface area contributed by atoms with Gasteiger partial charge in [-0.3, -0.25) is 9.59 Å². The second kappa shape index (κ2) is 5.96. The fraction of sp³-hybridized carbons (Fsp3) is 0.867. The molecule has 1 saturated heterocycles. The number of carboxylic acids is 1. The summed E-state index contributed by atoms with van der Waals surface area (Å²) in [6.07, 6.45) is 2.52. The molecule has 0 aromatic heterocycles. The Morgan fingerprint density at radius 2 is 1.95 bits per heavy atom. The first-order valence-corrected chi connectivity index (χ1v) is 8.59. The number of likely N-dealkylation sites (tertiary alicyclic amines) is 1. The van der Waals surface area contributed by atoms with Crippen molar-refractivity contribution in [3.8, 4) is 0 Å². The lowest BCUT2D eigenvalue weighted by Gasteiger charge is -2.35. The minimum Gasteiger partial charge on any atom is -0.481 e. The Balaban J connectivity index is 1.90. The largest absolute Gasteiger partial charge is 0.481 e. The lowest BCUT2D eigenvalue weighted by atomic mass is 9.90. The Morgan fingerprint density at radius 3 is 2.35 bits per heavy atom. The van der Waals surface area contributed by atoms with Crippen LogP contribution in [0.5, 0.6) is 0 Å². The topological polar surface area (TPSA) is 57.6 Å². The lowest BCUT2D eigenvalue weighted by molar-refractivity contribution is -0.139. The maximum absolute atomic E-state index is 12.6. The predicted molar refractivity (Wildman–Crippen MR) is 80.7 cm³/mol. The molecule has 0 radical (unpaired) electrons. The van der Waals surface area contributed by atoms with Gasteiger partial charge in [-0.1, -0.05) is 20.8 Å². The average Bonchev–Trinajstić information content (AvgIpc) is 3.10. The van der Waals surface area contributed by atoms with Gasteiger partial charge in [0.2, 0.25) is 5.91 Å². The normalized spacial score (nSPS) is 25.8. The molecule has 1 aliphatic carbocycles. The van der Waals surface area contributed by atoms with Crippen molar-refractivity contribution in [3.05, 3.63) is 0 Å². The molecule has 2 atom stereocenters. The number of amides is 1. The SMILES string of the molecule is CCSC(C(=O)N1CCC2(CC1)CC2C(=O)O)C(C)C. The van der Waals surface area contributed by atoms with Crippen LogP contribution < -0.4 is 0 Å². The minimum absolute atomic E-state index is 0.00778. The van der Waals surface area contributed by atoms with Gasteiger partial charge in [0.15, 0.2) is 0 Å². The zero-order valence-corrected chi connectivity index (χ0v) is 13.4. The molecule has 0 aromatic rings. The monoisotopic (exact) mass is 299 g/mol. The number of nitrogens with zero attached hydrogens (tertiary/aromatic N) is 1. The lowest BCUT2D eigenvalue weighted by Crippen LogP contribution is -2.45. The number of hydrogen-bond acceptors (Lipinski definition) is 3. The second-order valence-corrected chi connectivity index (χ2v) is 7.82. The predicted octanol–water partition coefficient (Wildman–Crippen LogP) is 2.48. The summed E-state index contributed by atoms with van der Waals surface area (Å²) in [5.41, 5.74) is 0.00778. The van der Waals surface area contributed by atoms with E-state index in [0.29, 0.717) is 5.92 Å². The third-order valence-corrected chi connectivity index (χ3v) is 6.19. The van der Waals surface area contributed by atoms with E-state index in [4.69, 9.17) is 5.11 Å². The Morgan fingerprint density at radius 1 is 1.35 bits per heavy atom. The van der Waals surface area contributed by atoms with Gasteiger partial charge in [0, 0.05) is 13.1 Å². The summed E-state index contributed by atoms with van der Waals surface area (Å²) in [6.45, 7) is 7.74. The van der Waals surface area contributed by atoms with E-state index in [9.17, 15) is 9.59 Å². The van der Waals surface area contributed by atoms with Crippen LogP contribution in [0.1, 0.15) is 40.0 Å². The number of rotatable bonds is 5. The minimum atomic E-state index is -0.661. The molecule has 1 amide bonds. The fourth-order valence-corrected chi connectivity index (χ4v) is 4.37. The molecule has 5 heteroatoms. The molecule has 2 fully saturated rings. The number of piperidine rings is 1. The van der Waals surface area contributed by atoms with Gasteiger partial charge >= 0.3 is 5.97 Å². The number of carboxylic acid groups (broad SMARTS) is 1. The number of thioether (sulfide) groups is 1. The summed E-state index contributed by atoms with van der Waals surface area (Å²) in [6, 6.07) is 0. The van der Waals surface area contributed by atoms with Crippen molar-refractivity contribution >= 4 is 23.6 Å². The first-order chi connectivity index (χ1) is 9.41. The summed E-state index contributed by atoms with van der Waals surface area (Å²) < 4.78 is 0. The zero-order valence-electron chi connectivity index (χ0n) is 12.6. The molecule has 2 rings (SSSR count). The van der Waals surface area contributed by atoms with Crippen LogP contribution in [0, 0.1) is 17.3 Å². The van der Waals surface area contributed by atoms with E-state index in [1.54, 1.807) is 11.8 Å². The van der Waals surface area contributed by atoms with E-state index in [1.807, 2.05) is 4.90 Å². The van der Waals surface area contributed by atoms with Gasteiger partial charge in [-0.25, -0.2) is 0 Å². The summed E-state index contributed by atoms with van der Waals surface area (Å²) >= 11 is 1.72. The molecule has 1 aliphatic heterocycles. The van der Waals surface area contributed by atoms with Crippen LogP contribution in [-0.4, -0.2) is 46.0 Å². The molecule has 20 heavy (non-hydrogen) atoms. The van der Waals surface area contributed by atoms with Gasteiger partial charge in [0.1, 0.15) is 0 Å². The van der Waals surface area contributed by atoms with E-state index in [1.165, 1.54) is 0 Å². The van der Waals surface area contributed by atoms with E-state index >= 15 is 0 Å². The Hall–Kier alpha value is -0.710. The molecule has 0 aromatic carbocycles. The summed E-state index contributed by atoms with van der Waals surface area (Å²) in [4.78, 5) is 25.6. The van der Waals surface area contributed by atoms with Crippen molar-refractivity contribution in [2.75, 3.05) is 18.8 Å². The smallest absolute Gasteiger partial charge is 0.307 e. The van der Waals surface area contributed by atoms with Crippen LogP contribution in [-0.2, 0) is 9.59 Å².